The molecule has 1 aliphatic heterocycles. The van der Waals surface area contributed by atoms with E-state index in [1.807, 2.05) is 0 Å². The standard InChI is InChI=1S/C11H13BrF2N2O3S.ClH/c1-5(15)3-16-4-11(13,14)19-7-6(16)8(10(17)18-2)20-9(7)12;/h5H,3-4,15H2,1-2H3;1H/t5-;/m1./s1. The van der Waals surface area contributed by atoms with E-state index in [0.29, 0.717) is 9.47 Å². The highest BCUT2D eigenvalue weighted by molar-refractivity contribution is 9.11. The summed E-state index contributed by atoms with van der Waals surface area (Å²) in [5, 5.41) is 0. The number of rotatable bonds is 3. The minimum atomic E-state index is -3.33. The van der Waals surface area contributed by atoms with Crippen LogP contribution in [0.3, 0.4) is 0 Å². The number of fused-ring (bicyclic) bond motifs is 1. The molecule has 0 radical (unpaired) electrons. The monoisotopic (exact) mass is 406 g/mol. The van der Waals surface area contributed by atoms with Gasteiger partial charge in [0, 0.05) is 12.6 Å². The zero-order valence-corrected chi connectivity index (χ0v) is 14.4. The summed E-state index contributed by atoms with van der Waals surface area (Å²) in [4.78, 5) is 13.3. The maximum absolute atomic E-state index is 13.6. The summed E-state index contributed by atoms with van der Waals surface area (Å²) in [6.07, 6.45) is -3.33. The third-order valence-electron chi connectivity index (χ3n) is 2.62. The molecular formula is C11H14BrClF2N2O3S. The van der Waals surface area contributed by atoms with Gasteiger partial charge in [0.25, 0.3) is 0 Å². The Hall–Kier alpha value is -0.640. The van der Waals surface area contributed by atoms with Gasteiger partial charge in [-0.05, 0) is 22.9 Å². The molecule has 1 aromatic rings. The van der Waals surface area contributed by atoms with Gasteiger partial charge in [-0.3, -0.25) is 0 Å². The lowest BCUT2D eigenvalue weighted by Crippen LogP contribution is -2.48. The van der Waals surface area contributed by atoms with Crippen LogP contribution in [0.4, 0.5) is 14.5 Å². The zero-order valence-electron chi connectivity index (χ0n) is 11.2. The summed E-state index contributed by atoms with van der Waals surface area (Å²) in [6.45, 7) is 1.22. The molecule has 1 aliphatic rings. The van der Waals surface area contributed by atoms with Gasteiger partial charge < -0.3 is 20.1 Å². The Bertz CT molecular complexity index is 542. The second-order valence-corrected chi connectivity index (χ2v) is 6.81. The third-order valence-corrected chi connectivity index (χ3v) is 4.40. The van der Waals surface area contributed by atoms with Crippen molar-refractivity contribution in [2.45, 2.75) is 19.1 Å². The predicted octanol–water partition coefficient (Wildman–Crippen LogP) is 2.86. The Morgan fingerprint density at radius 1 is 1.67 bits per heavy atom. The fraction of sp³-hybridized carbons (Fsp3) is 0.545. The molecule has 1 atom stereocenters. The zero-order chi connectivity index (χ0) is 15.1. The first-order valence-corrected chi connectivity index (χ1v) is 7.34. The average Bonchev–Trinajstić information content (AvgIpc) is 2.64. The number of hydrogen-bond donors (Lipinski definition) is 1. The molecule has 21 heavy (non-hydrogen) atoms. The Labute approximate surface area is 138 Å². The second kappa shape index (κ2) is 6.64. The normalized spacial score (nSPS) is 17.3. The molecule has 0 fully saturated rings. The second-order valence-electron chi connectivity index (χ2n) is 4.47. The van der Waals surface area contributed by atoms with Crippen LogP contribution < -0.4 is 15.4 Å². The van der Waals surface area contributed by atoms with Crippen LogP contribution in [0.1, 0.15) is 16.6 Å². The molecule has 0 amide bonds. The molecule has 0 aliphatic carbocycles. The van der Waals surface area contributed by atoms with Gasteiger partial charge in [-0.2, -0.15) is 8.78 Å². The minimum Gasteiger partial charge on any atom is -0.465 e. The third kappa shape index (κ3) is 3.77. The lowest BCUT2D eigenvalue weighted by Gasteiger charge is -2.35. The Morgan fingerprint density at radius 2 is 2.29 bits per heavy atom. The molecule has 0 aromatic carbocycles. The molecule has 1 aromatic heterocycles. The predicted molar refractivity (Wildman–Crippen MR) is 82.0 cm³/mol. The van der Waals surface area contributed by atoms with Crippen LogP contribution in [0.15, 0.2) is 3.79 Å². The first kappa shape index (κ1) is 18.4. The van der Waals surface area contributed by atoms with Crippen LogP contribution in [0, 0.1) is 0 Å². The lowest BCUT2D eigenvalue weighted by molar-refractivity contribution is -0.172. The summed E-state index contributed by atoms with van der Waals surface area (Å²) in [6, 6.07) is -0.332. The summed E-state index contributed by atoms with van der Waals surface area (Å²) in [7, 11) is 1.23. The van der Waals surface area contributed by atoms with Gasteiger partial charge in [-0.1, -0.05) is 0 Å². The van der Waals surface area contributed by atoms with E-state index in [1.165, 1.54) is 12.0 Å². The van der Waals surface area contributed by atoms with E-state index in [4.69, 9.17) is 5.73 Å². The average molecular weight is 408 g/mol. The quantitative estimate of drug-likeness (QED) is 0.781. The van der Waals surface area contributed by atoms with E-state index in [1.54, 1.807) is 6.92 Å². The molecular weight excluding hydrogens is 394 g/mol. The van der Waals surface area contributed by atoms with Crippen molar-refractivity contribution in [3.63, 3.8) is 0 Å². The van der Waals surface area contributed by atoms with Crippen LogP contribution in [0.5, 0.6) is 5.75 Å². The number of esters is 1. The highest BCUT2D eigenvalue weighted by atomic mass is 79.9. The number of nitrogens with zero attached hydrogens (tertiary/aromatic N) is 1. The fourth-order valence-corrected chi connectivity index (χ4v) is 3.62. The van der Waals surface area contributed by atoms with E-state index >= 15 is 0 Å². The first-order chi connectivity index (χ1) is 9.25. The largest absolute Gasteiger partial charge is 0.465 e. The SMILES string of the molecule is COC(=O)c1sc(Br)c2c1N(C[C@@H](C)N)CC(F)(F)O2.Cl. The van der Waals surface area contributed by atoms with Crippen molar-refractivity contribution in [2.24, 2.45) is 5.73 Å². The molecule has 0 saturated heterocycles. The molecule has 0 unspecified atom stereocenters. The van der Waals surface area contributed by atoms with Crippen LogP contribution in [-0.2, 0) is 4.74 Å². The van der Waals surface area contributed by atoms with Crippen LogP contribution in [0.25, 0.3) is 0 Å². The molecule has 120 valence electrons. The summed E-state index contributed by atoms with van der Waals surface area (Å²) in [5.41, 5.74) is 5.99. The van der Waals surface area contributed by atoms with Gasteiger partial charge in [0.2, 0.25) is 0 Å². The minimum absolute atomic E-state index is 0. The van der Waals surface area contributed by atoms with Gasteiger partial charge in [-0.25, -0.2) is 4.79 Å². The molecule has 0 saturated carbocycles. The van der Waals surface area contributed by atoms with Gasteiger partial charge in [0.05, 0.1) is 7.11 Å². The number of anilines is 1. The molecule has 2 heterocycles. The number of carbonyl (C=O) groups excluding carboxylic acids is 1. The summed E-state index contributed by atoms with van der Waals surface area (Å²) >= 11 is 4.14. The first-order valence-electron chi connectivity index (χ1n) is 5.73. The number of thiophene rings is 1. The number of halogens is 4. The van der Waals surface area contributed by atoms with E-state index in [-0.39, 0.29) is 35.6 Å². The van der Waals surface area contributed by atoms with Gasteiger partial charge in [-0.15, -0.1) is 23.7 Å². The highest BCUT2D eigenvalue weighted by Gasteiger charge is 2.44. The number of ether oxygens (including phenoxy) is 2. The lowest BCUT2D eigenvalue weighted by atomic mass is 10.2. The number of carbonyl (C=O) groups is 1. The molecule has 5 nitrogen and oxygen atoms in total. The Morgan fingerprint density at radius 3 is 2.81 bits per heavy atom. The Balaban J connectivity index is 0.00000220. The number of alkyl halides is 2. The van der Waals surface area contributed by atoms with E-state index in [9.17, 15) is 13.6 Å². The van der Waals surface area contributed by atoms with Crippen molar-refractivity contribution in [1.29, 1.82) is 0 Å². The highest BCUT2D eigenvalue weighted by Crippen LogP contribution is 2.50. The maximum Gasteiger partial charge on any atom is 0.416 e. The van der Waals surface area contributed by atoms with Gasteiger partial charge in [0.15, 0.2) is 5.75 Å². The van der Waals surface area contributed by atoms with E-state index < -0.39 is 18.6 Å². The summed E-state index contributed by atoms with van der Waals surface area (Å²) < 4.78 is 36.9. The Kier molecular flexibility index (Phi) is 5.82. The van der Waals surface area contributed by atoms with Crippen molar-refractivity contribution in [1.82, 2.24) is 0 Å². The van der Waals surface area contributed by atoms with Crippen molar-refractivity contribution in [3.8, 4) is 5.75 Å². The number of nitrogens with two attached hydrogens (primary N) is 1. The maximum atomic E-state index is 13.6. The summed E-state index contributed by atoms with van der Waals surface area (Å²) in [5.74, 6) is -0.646. The van der Waals surface area contributed by atoms with Crippen molar-refractivity contribution in [2.75, 3.05) is 25.1 Å². The number of methoxy groups -OCH3 is 1. The topological polar surface area (TPSA) is 64.8 Å². The van der Waals surface area contributed by atoms with Crippen LogP contribution in [0.2, 0.25) is 0 Å². The van der Waals surface area contributed by atoms with E-state index in [0.717, 1.165) is 11.3 Å². The molecule has 0 bridgehead atoms. The van der Waals surface area contributed by atoms with Crippen molar-refractivity contribution in [3.05, 3.63) is 8.66 Å². The van der Waals surface area contributed by atoms with Crippen molar-refractivity contribution >= 4 is 51.3 Å². The van der Waals surface area contributed by atoms with Crippen molar-refractivity contribution < 1.29 is 23.0 Å². The van der Waals surface area contributed by atoms with Crippen LogP contribution >= 0.6 is 39.7 Å². The molecule has 10 heteroatoms. The van der Waals surface area contributed by atoms with Gasteiger partial charge >= 0.3 is 12.1 Å². The smallest absolute Gasteiger partial charge is 0.416 e. The number of hydrogen-bond acceptors (Lipinski definition) is 6. The molecule has 2 N–H and O–H groups in total. The fourth-order valence-electron chi connectivity index (χ4n) is 1.97. The molecule has 2 rings (SSSR count). The van der Waals surface area contributed by atoms with Crippen LogP contribution in [-0.4, -0.2) is 38.3 Å². The van der Waals surface area contributed by atoms with E-state index in [2.05, 4.69) is 25.4 Å². The molecule has 0 spiro atoms. The van der Waals surface area contributed by atoms with Gasteiger partial charge in [0.1, 0.15) is 20.9 Å².